The first-order valence-electron chi connectivity index (χ1n) is 8.55. The van der Waals surface area contributed by atoms with Crippen LogP contribution in [0.3, 0.4) is 0 Å². The van der Waals surface area contributed by atoms with Gasteiger partial charge in [-0.15, -0.1) is 0 Å². The van der Waals surface area contributed by atoms with Gasteiger partial charge >= 0.3 is 0 Å². The lowest BCUT2D eigenvalue weighted by molar-refractivity contribution is 0.237. The summed E-state index contributed by atoms with van der Waals surface area (Å²) in [4.78, 5) is 2.21. The molecule has 4 rings (SSSR count). The molecule has 0 saturated carbocycles. The van der Waals surface area contributed by atoms with Crippen molar-refractivity contribution in [1.82, 2.24) is 15.1 Å². The molecular weight excluding hydrogens is 333 g/mol. The van der Waals surface area contributed by atoms with E-state index in [1.807, 2.05) is 12.1 Å². The molecule has 1 aliphatic heterocycles. The molecule has 0 radical (unpaired) electrons. The van der Waals surface area contributed by atoms with E-state index in [9.17, 15) is 9.50 Å². The van der Waals surface area contributed by atoms with Gasteiger partial charge in [-0.1, -0.05) is 18.2 Å². The fourth-order valence-corrected chi connectivity index (χ4v) is 3.49. The topological polar surface area (TPSA) is 61.4 Å². The van der Waals surface area contributed by atoms with Crippen molar-refractivity contribution in [2.75, 3.05) is 13.7 Å². The molecule has 0 amide bonds. The number of methoxy groups -OCH3 is 1. The molecule has 134 valence electrons. The molecule has 3 aromatic rings. The molecular formula is C20H20FN3O2. The second-order valence-electron chi connectivity index (χ2n) is 6.43. The maximum Gasteiger partial charge on any atom is 0.132 e. The van der Waals surface area contributed by atoms with Gasteiger partial charge in [0.2, 0.25) is 0 Å². The molecule has 2 aromatic carbocycles. The summed E-state index contributed by atoms with van der Waals surface area (Å²) in [5.74, 6) is 0.607. The van der Waals surface area contributed by atoms with Crippen molar-refractivity contribution >= 4 is 0 Å². The number of nitrogens with one attached hydrogen (secondary N) is 1. The molecule has 1 aliphatic rings. The van der Waals surface area contributed by atoms with Crippen LogP contribution in [0.2, 0.25) is 0 Å². The van der Waals surface area contributed by atoms with E-state index in [2.05, 4.69) is 15.1 Å². The van der Waals surface area contributed by atoms with E-state index in [0.29, 0.717) is 30.1 Å². The van der Waals surface area contributed by atoms with Gasteiger partial charge < -0.3 is 9.84 Å². The smallest absolute Gasteiger partial charge is 0.132 e. The molecule has 0 saturated heterocycles. The van der Waals surface area contributed by atoms with Crippen LogP contribution in [-0.4, -0.2) is 33.9 Å². The Hall–Kier alpha value is -2.86. The van der Waals surface area contributed by atoms with Crippen molar-refractivity contribution in [3.8, 4) is 22.8 Å². The minimum Gasteiger partial charge on any atom is -0.507 e. The van der Waals surface area contributed by atoms with E-state index >= 15 is 0 Å². The van der Waals surface area contributed by atoms with Crippen LogP contribution >= 0.6 is 0 Å². The Labute approximate surface area is 151 Å². The average molecular weight is 353 g/mol. The predicted octanol–water partition coefficient (Wildman–Crippen LogP) is 3.49. The van der Waals surface area contributed by atoms with Crippen molar-refractivity contribution in [2.45, 2.75) is 19.5 Å². The second kappa shape index (κ2) is 6.80. The summed E-state index contributed by atoms with van der Waals surface area (Å²) < 4.78 is 19.6. The highest BCUT2D eigenvalue weighted by molar-refractivity contribution is 5.65. The van der Waals surface area contributed by atoms with E-state index < -0.39 is 0 Å². The quantitative estimate of drug-likeness (QED) is 0.754. The van der Waals surface area contributed by atoms with Crippen LogP contribution in [0.5, 0.6) is 11.5 Å². The maximum absolute atomic E-state index is 14.2. The summed E-state index contributed by atoms with van der Waals surface area (Å²) in [6.45, 7) is 2.01. The number of aromatic amines is 1. The van der Waals surface area contributed by atoms with Crippen molar-refractivity contribution < 1.29 is 14.2 Å². The van der Waals surface area contributed by atoms with E-state index in [-0.39, 0.29) is 11.6 Å². The van der Waals surface area contributed by atoms with Crippen LogP contribution in [0, 0.1) is 5.82 Å². The molecule has 0 spiro atoms. The highest BCUT2D eigenvalue weighted by Crippen LogP contribution is 2.33. The largest absolute Gasteiger partial charge is 0.507 e. The Kier molecular flexibility index (Phi) is 4.34. The highest BCUT2D eigenvalue weighted by Gasteiger charge is 2.25. The van der Waals surface area contributed by atoms with Crippen LogP contribution < -0.4 is 4.74 Å². The molecule has 6 heteroatoms. The van der Waals surface area contributed by atoms with Crippen molar-refractivity contribution in [3.05, 3.63) is 65.1 Å². The first-order valence-corrected chi connectivity index (χ1v) is 8.55. The molecule has 1 aromatic heterocycles. The van der Waals surface area contributed by atoms with Gasteiger partial charge in [-0.05, 0) is 24.3 Å². The van der Waals surface area contributed by atoms with Crippen LogP contribution in [0.4, 0.5) is 4.39 Å². The van der Waals surface area contributed by atoms with E-state index in [1.165, 1.54) is 6.07 Å². The Morgan fingerprint density at radius 3 is 2.88 bits per heavy atom. The van der Waals surface area contributed by atoms with Gasteiger partial charge in [0, 0.05) is 48.4 Å². The molecule has 2 N–H and O–H groups in total. The SMILES string of the molecule is COc1cccc(O)c1CN1CCc2[nH]nc(-c3ccccc3F)c2C1. The molecule has 0 unspecified atom stereocenters. The summed E-state index contributed by atoms with van der Waals surface area (Å²) in [6.07, 6.45) is 0.798. The lowest BCUT2D eigenvalue weighted by Crippen LogP contribution is -2.30. The Bertz CT molecular complexity index is 939. The number of benzene rings is 2. The number of nitrogens with zero attached hydrogens (tertiary/aromatic N) is 2. The fraction of sp³-hybridized carbons (Fsp3) is 0.250. The number of H-pyrrole nitrogens is 1. The highest BCUT2D eigenvalue weighted by atomic mass is 19.1. The van der Waals surface area contributed by atoms with Crippen molar-refractivity contribution in [3.63, 3.8) is 0 Å². The number of ether oxygens (including phenoxy) is 1. The zero-order chi connectivity index (χ0) is 18.1. The van der Waals surface area contributed by atoms with Gasteiger partial charge in [-0.2, -0.15) is 5.10 Å². The van der Waals surface area contributed by atoms with E-state index in [4.69, 9.17) is 4.74 Å². The summed E-state index contributed by atoms with van der Waals surface area (Å²) in [7, 11) is 1.60. The molecule has 0 aliphatic carbocycles. The summed E-state index contributed by atoms with van der Waals surface area (Å²) in [5.41, 5.74) is 3.98. The van der Waals surface area contributed by atoms with Crippen molar-refractivity contribution in [1.29, 1.82) is 0 Å². The summed E-state index contributed by atoms with van der Waals surface area (Å²) in [6, 6.07) is 11.9. The minimum atomic E-state index is -0.277. The minimum absolute atomic E-state index is 0.219. The Balaban J connectivity index is 1.63. The molecule has 26 heavy (non-hydrogen) atoms. The molecule has 5 nitrogen and oxygen atoms in total. The van der Waals surface area contributed by atoms with Gasteiger partial charge in [-0.25, -0.2) is 4.39 Å². The van der Waals surface area contributed by atoms with Gasteiger partial charge in [0.1, 0.15) is 17.3 Å². The second-order valence-corrected chi connectivity index (χ2v) is 6.43. The Morgan fingerprint density at radius 2 is 2.08 bits per heavy atom. The lowest BCUT2D eigenvalue weighted by atomic mass is 10.00. The molecule has 0 atom stereocenters. The number of rotatable bonds is 4. The number of phenols is 1. The Morgan fingerprint density at radius 1 is 1.23 bits per heavy atom. The predicted molar refractivity (Wildman–Crippen MR) is 96.5 cm³/mol. The van der Waals surface area contributed by atoms with Crippen LogP contribution in [0.1, 0.15) is 16.8 Å². The number of phenolic OH excluding ortho intramolecular Hbond substituents is 1. The summed E-state index contributed by atoms with van der Waals surface area (Å²) in [5, 5.41) is 17.6. The maximum atomic E-state index is 14.2. The van der Waals surface area contributed by atoms with Crippen LogP contribution in [0.15, 0.2) is 42.5 Å². The van der Waals surface area contributed by atoms with Gasteiger partial charge in [-0.3, -0.25) is 10.00 Å². The van der Waals surface area contributed by atoms with Crippen LogP contribution in [-0.2, 0) is 19.5 Å². The van der Waals surface area contributed by atoms with Crippen molar-refractivity contribution in [2.24, 2.45) is 0 Å². The van der Waals surface area contributed by atoms with Gasteiger partial charge in [0.05, 0.1) is 12.8 Å². The number of hydrogen-bond acceptors (Lipinski definition) is 4. The third-order valence-electron chi connectivity index (χ3n) is 4.85. The standard InChI is InChI=1S/C20H20FN3O2/c1-26-19-8-4-7-18(25)15(19)12-24-10-9-17-14(11-24)20(23-22-17)13-5-2-3-6-16(13)21/h2-8,25H,9-12H2,1H3,(H,22,23). The van der Waals surface area contributed by atoms with E-state index in [1.54, 1.807) is 31.4 Å². The normalized spacial score (nSPS) is 14.2. The number of aromatic hydroxyl groups is 1. The van der Waals surface area contributed by atoms with Crippen LogP contribution in [0.25, 0.3) is 11.3 Å². The van der Waals surface area contributed by atoms with Gasteiger partial charge in [0.25, 0.3) is 0 Å². The fourth-order valence-electron chi connectivity index (χ4n) is 3.49. The number of halogens is 1. The zero-order valence-corrected chi connectivity index (χ0v) is 14.5. The average Bonchev–Trinajstić information content (AvgIpc) is 3.07. The molecule has 2 heterocycles. The third-order valence-corrected chi connectivity index (χ3v) is 4.85. The number of fused-ring (bicyclic) bond motifs is 1. The molecule has 0 bridgehead atoms. The third kappa shape index (κ3) is 2.93. The zero-order valence-electron chi connectivity index (χ0n) is 14.5. The van der Waals surface area contributed by atoms with Gasteiger partial charge in [0.15, 0.2) is 0 Å². The number of aromatic nitrogens is 2. The summed E-state index contributed by atoms with van der Waals surface area (Å²) >= 11 is 0. The lowest BCUT2D eigenvalue weighted by Gasteiger charge is -2.28. The molecule has 0 fully saturated rings. The van der Waals surface area contributed by atoms with E-state index in [0.717, 1.165) is 29.8 Å². The first kappa shape index (κ1) is 16.6. The number of hydrogen-bond donors (Lipinski definition) is 2. The monoisotopic (exact) mass is 353 g/mol. The first-order chi connectivity index (χ1) is 12.7.